The van der Waals surface area contributed by atoms with E-state index < -0.39 is 0 Å². The first-order chi connectivity index (χ1) is 6.63. The standard InChI is InChI=1S/C10H13BrN2O/c1-3-7-8(11)10(14)13-9(12-7)6-4-5(6)2/h5-6H,3-4H2,1-2H3,(H,12,13,14). The fourth-order valence-electron chi connectivity index (χ4n) is 1.64. The second-order valence-electron chi connectivity index (χ2n) is 3.88. The molecule has 0 aromatic carbocycles. The molecule has 76 valence electrons. The van der Waals surface area contributed by atoms with Crippen molar-refractivity contribution in [3.05, 3.63) is 26.3 Å². The van der Waals surface area contributed by atoms with Crippen LogP contribution in [0.15, 0.2) is 9.27 Å². The summed E-state index contributed by atoms with van der Waals surface area (Å²) >= 11 is 3.25. The zero-order valence-electron chi connectivity index (χ0n) is 8.30. The molecule has 3 nitrogen and oxygen atoms in total. The zero-order chi connectivity index (χ0) is 10.3. The van der Waals surface area contributed by atoms with Crippen molar-refractivity contribution in [3.63, 3.8) is 0 Å². The van der Waals surface area contributed by atoms with Crippen LogP contribution < -0.4 is 5.56 Å². The molecule has 0 aliphatic heterocycles. The highest BCUT2D eigenvalue weighted by molar-refractivity contribution is 9.10. The molecule has 1 aromatic rings. The summed E-state index contributed by atoms with van der Waals surface area (Å²) < 4.78 is 0.581. The van der Waals surface area contributed by atoms with Gasteiger partial charge in [-0.2, -0.15) is 0 Å². The molecule has 1 saturated carbocycles. The van der Waals surface area contributed by atoms with Gasteiger partial charge in [-0.3, -0.25) is 4.79 Å². The molecule has 1 N–H and O–H groups in total. The maximum atomic E-state index is 11.5. The summed E-state index contributed by atoms with van der Waals surface area (Å²) in [5, 5.41) is 0. The Balaban J connectivity index is 2.44. The van der Waals surface area contributed by atoms with Crippen molar-refractivity contribution >= 4 is 15.9 Å². The summed E-state index contributed by atoms with van der Waals surface area (Å²) in [5.41, 5.74) is 0.814. The van der Waals surface area contributed by atoms with Crippen LogP contribution in [0.4, 0.5) is 0 Å². The van der Waals surface area contributed by atoms with Gasteiger partial charge in [-0.05, 0) is 34.7 Å². The van der Waals surface area contributed by atoms with Crippen molar-refractivity contribution in [2.24, 2.45) is 5.92 Å². The highest BCUT2D eigenvalue weighted by atomic mass is 79.9. The van der Waals surface area contributed by atoms with Crippen molar-refractivity contribution in [1.29, 1.82) is 0 Å². The Morgan fingerprint density at radius 3 is 2.79 bits per heavy atom. The van der Waals surface area contributed by atoms with Crippen molar-refractivity contribution < 1.29 is 0 Å². The van der Waals surface area contributed by atoms with Crippen molar-refractivity contribution in [3.8, 4) is 0 Å². The molecule has 14 heavy (non-hydrogen) atoms. The third-order valence-corrected chi connectivity index (χ3v) is 3.56. The largest absolute Gasteiger partial charge is 0.309 e. The van der Waals surface area contributed by atoms with Crippen LogP contribution in [0.3, 0.4) is 0 Å². The molecule has 1 fully saturated rings. The van der Waals surface area contributed by atoms with Crippen LogP contribution in [0.1, 0.15) is 37.7 Å². The van der Waals surface area contributed by atoms with E-state index in [2.05, 4.69) is 32.8 Å². The van der Waals surface area contributed by atoms with Crippen LogP contribution in [0.5, 0.6) is 0 Å². The van der Waals surface area contributed by atoms with E-state index in [-0.39, 0.29) is 5.56 Å². The van der Waals surface area contributed by atoms with E-state index in [1.165, 1.54) is 0 Å². The van der Waals surface area contributed by atoms with Crippen LogP contribution in [-0.2, 0) is 6.42 Å². The molecule has 0 spiro atoms. The number of hydrogen-bond acceptors (Lipinski definition) is 2. The van der Waals surface area contributed by atoms with Gasteiger partial charge in [0.15, 0.2) is 0 Å². The van der Waals surface area contributed by atoms with Crippen molar-refractivity contribution in [1.82, 2.24) is 9.97 Å². The number of rotatable bonds is 2. The van der Waals surface area contributed by atoms with Crippen LogP contribution in [0, 0.1) is 5.92 Å². The normalized spacial score (nSPS) is 25.1. The molecule has 1 heterocycles. The molecule has 0 radical (unpaired) electrons. The summed E-state index contributed by atoms with van der Waals surface area (Å²) in [7, 11) is 0. The Hall–Kier alpha value is -0.640. The van der Waals surface area contributed by atoms with Gasteiger partial charge in [0, 0.05) is 5.92 Å². The Morgan fingerprint density at radius 1 is 1.64 bits per heavy atom. The predicted molar refractivity (Wildman–Crippen MR) is 58.5 cm³/mol. The molecule has 1 aromatic heterocycles. The molecular formula is C10H13BrN2O. The summed E-state index contributed by atoms with van der Waals surface area (Å²) in [5.74, 6) is 2.01. The lowest BCUT2D eigenvalue weighted by atomic mass is 10.3. The second kappa shape index (κ2) is 3.50. The summed E-state index contributed by atoms with van der Waals surface area (Å²) in [4.78, 5) is 18.8. The van der Waals surface area contributed by atoms with Gasteiger partial charge in [-0.25, -0.2) is 4.98 Å². The van der Waals surface area contributed by atoms with E-state index in [0.717, 1.165) is 24.4 Å². The van der Waals surface area contributed by atoms with E-state index in [4.69, 9.17) is 0 Å². The predicted octanol–water partition coefficient (Wildman–Crippen LogP) is 2.22. The van der Waals surface area contributed by atoms with Gasteiger partial charge in [0.2, 0.25) is 0 Å². The highest BCUT2D eigenvalue weighted by Crippen LogP contribution is 2.45. The first kappa shape index (κ1) is 9.90. The Bertz CT molecular complexity index is 413. The number of nitrogens with zero attached hydrogens (tertiary/aromatic N) is 1. The smallest absolute Gasteiger partial charge is 0.265 e. The summed E-state index contributed by atoms with van der Waals surface area (Å²) in [6, 6.07) is 0. The molecule has 2 unspecified atom stereocenters. The van der Waals surface area contributed by atoms with Crippen molar-refractivity contribution in [2.75, 3.05) is 0 Å². The first-order valence-corrected chi connectivity index (χ1v) is 5.71. The second-order valence-corrected chi connectivity index (χ2v) is 4.68. The van der Waals surface area contributed by atoms with E-state index in [1.54, 1.807) is 0 Å². The van der Waals surface area contributed by atoms with Crippen LogP contribution in [-0.4, -0.2) is 9.97 Å². The lowest BCUT2D eigenvalue weighted by Crippen LogP contribution is -2.15. The number of aromatic nitrogens is 2. The van der Waals surface area contributed by atoms with Gasteiger partial charge in [0.05, 0.1) is 5.69 Å². The minimum Gasteiger partial charge on any atom is -0.309 e. The van der Waals surface area contributed by atoms with E-state index in [1.807, 2.05) is 6.92 Å². The molecule has 1 aliphatic rings. The number of hydrogen-bond donors (Lipinski definition) is 1. The maximum absolute atomic E-state index is 11.5. The number of halogens is 1. The minimum absolute atomic E-state index is 0.0500. The molecule has 0 amide bonds. The van der Waals surface area contributed by atoms with Gasteiger partial charge in [0.25, 0.3) is 5.56 Å². The Kier molecular flexibility index (Phi) is 2.47. The number of nitrogens with one attached hydrogen (secondary N) is 1. The monoisotopic (exact) mass is 256 g/mol. The number of aromatic amines is 1. The van der Waals surface area contributed by atoms with E-state index in [0.29, 0.717) is 16.3 Å². The number of aryl methyl sites for hydroxylation is 1. The molecule has 2 atom stereocenters. The summed E-state index contributed by atoms with van der Waals surface area (Å²) in [6.07, 6.45) is 1.94. The van der Waals surface area contributed by atoms with Crippen molar-refractivity contribution in [2.45, 2.75) is 32.6 Å². The van der Waals surface area contributed by atoms with E-state index >= 15 is 0 Å². The topological polar surface area (TPSA) is 45.8 Å². The molecule has 0 saturated heterocycles. The molecule has 0 bridgehead atoms. The van der Waals surface area contributed by atoms with Gasteiger partial charge >= 0.3 is 0 Å². The SMILES string of the molecule is CCc1nc(C2CC2C)[nH]c(=O)c1Br. The lowest BCUT2D eigenvalue weighted by molar-refractivity contribution is 0.805. The highest BCUT2D eigenvalue weighted by Gasteiger charge is 2.36. The van der Waals surface area contributed by atoms with Gasteiger partial charge in [0.1, 0.15) is 10.3 Å². The van der Waals surface area contributed by atoms with E-state index in [9.17, 15) is 4.79 Å². The van der Waals surface area contributed by atoms with Crippen LogP contribution in [0.2, 0.25) is 0 Å². The maximum Gasteiger partial charge on any atom is 0.265 e. The quantitative estimate of drug-likeness (QED) is 0.882. The zero-order valence-corrected chi connectivity index (χ0v) is 9.89. The van der Waals surface area contributed by atoms with Crippen LogP contribution in [0.25, 0.3) is 0 Å². The molecule has 2 rings (SSSR count). The lowest BCUT2D eigenvalue weighted by Gasteiger charge is -2.03. The first-order valence-electron chi connectivity index (χ1n) is 4.92. The molecular weight excluding hydrogens is 244 g/mol. The number of H-pyrrole nitrogens is 1. The Labute approximate surface area is 91.1 Å². The average molecular weight is 257 g/mol. The molecule has 1 aliphatic carbocycles. The van der Waals surface area contributed by atoms with Crippen LogP contribution >= 0.6 is 15.9 Å². The third kappa shape index (κ3) is 1.63. The fraction of sp³-hybridized carbons (Fsp3) is 0.600. The molecule has 4 heteroatoms. The average Bonchev–Trinajstić information content (AvgIpc) is 2.87. The minimum atomic E-state index is -0.0500. The van der Waals surface area contributed by atoms with Gasteiger partial charge < -0.3 is 4.98 Å². The summed E-state index contributed by atoms with van der Waals surface area (Å²) in [6.45, 7) is 4.19. The Morgan fingerprint density at radius 2 is 2.29 bits per heavy atom. The van der Waals surface area contributed by atoms with Gasteiger partial charge in [-0.15, -0.1) is 0 Å². The van der Waals surface area contributed by atoms with Gasteiger partial charge in [-0.1, -0.05) is 13.8 Å². The fourth-order valence-corrected chi connectivity index (χ4v) is 2.11. The third-order valence-electron chi connectivity index (χ3n) is 2.75.